The molecular formula is C23H26N4O3. The number of nitrogens with one attached hydrogen (secondary N) is 2. The Bertz CT molecular complexity index is 1020. The number of nitrogens with zero attached hydrogens (tertiary/aromatic N) is 2. The van der Waals surface area contributed by atoms with Crippen LogP contribution in [-0.4, -0.2) is 27.2 Å². The maximum atomic E-state index is 12.3. The summed E-state index contributed by atoms with van der Waals surface area (Å²) in [5, 5.41) is 11.0. The average molecular weight is 406 g/mol. The molecule has 0 radical (unpaired) electrons. The lowest BCUT2D eigenvalue weighted by Gasteiger charge is -2.12. The zero-order valence-electron chi connectivity index (χ0n) is 17.2. The number of carbonyl (C=O) groups excluding carboxylic acids is 1. The van der Waals surface area contributed by atoms with Crippen molar-refractivity contribution in [3.05, 3.63) is 76.2 Å². The Morgan fingerprint density at radius 3 is 2.50 bits per heavy atom. The predicted octanol–water partition coefficient (Wildman–Crippen LogP) is 3.26. The Morgan fingerprint density at radius 1 is 1.10 bits per heavy atom. The topological polar surface area (TPSA) is 97.0 Å². The van der Waals surface area contributed by atoms with Crippen molar-refractivity contribution in [1.82, 2.24) is 20.5 Å². The lowest BCUT2D eigenvalue weighted by atomic mass is 10.2. The molecule has 156 valence electrons. The Morgan fingerprint density at radius 2 is 1.83 bits per heavy atom. The molecule has 1 amide bonds. The van der Waals surface area contributed by atoms with Gasteiger partial charge in [0.1, 0.15) is 11.4 Å². The molecular weight excluding hydrogens is 380 g/mol. The van der Waals surface area contributed by atoms with Gasteiger partial charge in [0.15, 0.2) is 5.82 Å². The van der Waals surface area contributed by atoms with Crippen LogP contribution in [0, 0.1) is 0 Å². The van der Waals surface area contributed by atoms with Gasteiger partial charge >= 0.3 is 0 Å². The fourth-order valence-corrected chi connectivity index (χ4v) is 2.78. The minimum absolute atomic E-state index is 0.138. The second-order valence-corrected chi connectivity index (χ2v) is 7.07. The number of ether oxygens (including phenoxy) is 1. The van der Waals surface area contributed by atoms with Crippen LogP contribution >= 0.6 is 0 Å². The molecule has 0 spiro atoms. The van der Waals surface area contributed by atoms with Crippen molar-refractivity contribution in [2.45, 2.75) is 45.8 Å². The van der Waals surface area contributed by atoms with E-state index < -0.39 is 0 Å². The van der Waals surface area contributed by atoms with Crippen molar-refractivity contribution >= 4 is 5.91 Å². The van der Waals surface area contributed by atoms with Gasteiger partial charge in [-0.1, -0.05) is 37.3 Å². The quantitative estimate of drug-likeness (QED) is 0.569. The van der Waals surface area contributed by atoms with Crippen LogP contribution in [-0.2, 0) is 17.8 Å². The van der Waals surface area contributed by atoms with Crippen LogP contribution in [0.5, 0.6) is 5.75 Å². The van der Waals surface area contributed by atoms with E-state index in [2.05, 4.69) is 27.4 Å². The molecule has 2 N–H and O–H groups in total. The summed E-state index contributed by atoms with van der Waals surface area (Å²) < 4.78 is 5.75. The van der Waals surface area contributed by atoms with Crippen molar-refractivity contribution in [3.8, 4) is 17.1 Å². The zero-order valence-corrected chi connectivity index (χ0v) is 17.2. The van der Waals surface area contributed by atoms with E-state index in [0.29, 0.717) is 12.4 Å². The molecule has 1 heterocycles. The number of amides is 1. The van der Waals surface area contributed by atoms with Crippen LogP contribution in [0.3, 0.4) is 0 Å². The summed E-state index contributed by atoms with van der Waals surface area (Å²) in [6.45, 7) is 4.53. The normalized spacial score (nSPS) is 11.7. The number of carbonyl (C=O) groups is 1. The highest BCUT2D eigenvalue weighted by molar-refractivity contribution is 5.76. The van der Waals surface area contributed by atoms with Crippen molar-refractivity contribution in [3.63, 3.8) is 0 Å². The van der Waals surface area contributed by atoms with Gasteiger partial charge in [0.05, 0.1) is 6.10 Å². The van der Waals surface area contributed by atoms with Gasteiger partial charge in [0, 0.05) is 24.9 Å². The maximum absolute atomic E-state index is 12.3. The largest absolute Gasteiger partial charge is 0.491 e. The number of aromatic amines is 1. The van der Waals surface area contributed by atoms with Gasteiger partial charge in [-0.05, 0) is 43.2 Å². The van der Waals surface area contributed by atoms with Crippen molar-refractivity contribution in [2.24, 2.45) is 0 Å². The van der Waals surface area contributed by atoms with Crippen molar-refractivity contribution < 1.29 is 9.53 Å². The van der Waals surface area contributed by atoms with Gasteiger partial charge in [-0.3, -0.25) is 9.59 Å². The number of aryl methyl sites for hydroxylation is 1. The third-order valence-electron chi connectivity index (χ3n) is 4.73. The molecule has 7 nitrogen and oxygen atoms in total. The SMILES string of the molecule is CCC(C)Oc1ccc(-c2nnc(CCC(=O)NCc3ccccc3)c(=O)[nH]2)cc1. The fraction of sp³-hybridized carbons (Fsp3) is 0.304. The Balaban J connectivity index is 1.56. The molecule has 0 saturated heterocycles. The first-order valence-corrected chi connectivity index (χ1v) is 10.1. The summed E-state index contributed by atoms with van der Waals surface area (Å²) in [5.74, 6) is 1.01. The van der Waals surface area contributed by atoms with Crippen molar-refractivity contribution in [1.29, 1.82) is 0 Å². The summed E-state index contributed by atoms with van der Waals surface area (Å²) in [7, 11) is 0. The molecule has 0 bridgehead atoms. The molecule has 3 rings (SSSR count). The number of hydrogen-bond acceptors (Lipinski definition) is 5. The summed E-state index contributed by atoms with van der Waals surface area (Å²) in [6, 6.07) is 17.0. The third-order valence-corrected chi connectivity index (χ3v) is 4.73. The summed E-state index contributed by atoms with van der Waals surface area (Å²) in [5.41, 5.74) is 1.66. The minimum atomic E-state index is -0.337. The third kappa shape index (κ3) is 6.01. The van der Waals surface area contributed by atoms with Gasteiger partial charge in [-0.2, -0.15) is 0 Å². The van der Waals surface area contributed by atoms with Crippen LogP contribution in [0.25, 0.3) is 11.4 Å². The lowest BCUT2D eigenvalue weighted by Crippen LogP contribution is -2.25. The van der Waals surface area contributed by atoms with Gasteiger partial charge in [-0.15, -0.1) is 10.2 Å². The molecule has 7 heteroatoms. The number of benzene rings is 2. The standard InChI is InChI=1S/C23H26N4O3/c1-3-16(2)30-19-11-9-18(10-12-19)22-25-23(29)20(26-27-22)13-14-21(28)24-15-17-7-5-4-6-8-17/h4-12,16H,3,13-15H2,1-2H3,(H,24,28)(H,25,27,29). The molecule has 3 aromatic rings. The number of H-pyrrole nitrogens is 1. The van der Waals surface area contributed by atoms with E-state index in [1.54, 1.807) is 0 Å². The molecule has 0 saturated carbocycles. The smallest absolute Gasteiger partial charge is 0.273 e. The van der Waals surface area contributed by atoms with Crippen molar-refractivity contribution in [2.75, 3.05) is 0 Å². The first-order chi connectivity index (χ1) is 14.5. The van der Waals surface area contributed by atoms with Crippen LogP contribution < -0.4 is 15.6 Å². The average Bonchev–Trinajstić information content (AvgIpc) is 2.78. The fourth-order valence-electron chi connectivity index (χ4n) is 2.78. The number of rotatable bonds is 9. The summed E-state index contributed by atoms with van der Waals surface area (Å²) in [6.07, 6.45) is 1.46. The first kappa shape index (κ1) is 21.2. The minimum Gasteiger partial charge on any atom is -0.491 e. The predicted molar refractivity (Wildman–Crippen MR) is 115 cm³/mol. The Labute approximate surface area is 175 Å². The maximum Gasteiger partial charge on any atom is 0.273 e. The lowest BCUT2D eigenvalue weighted by molar-refractivity contribution is -0.121. The van der Waals surface area contributed by atoms with Gasteiger partial charge in [0.2, 0.25) is 5.91 Å². The summed E-state index contributed by atoms with van der Waals surface area (Å²) >= 11 is 0. The van der Waals surface area contributed by atoms with E-state index >= 15 is 0 Å². The second-order valence-electron chi connectivity index (χ2n) is 7.07. The molecule has 1 aromatic heterocycles. The number of hydrogen-bond donors (Lipinski definition) is 2. The first-order valence-electron chi connectivity index (χ1n) is 10.1. The van der Waals surface area contributed by atoms with E-state index in [-0.39, 0.29) is 36.1 Å². The van der Waals surface area contributed by atoms with E-state index in [1.807, 2.05) is 61.5 Å². The van der Waals surface area contributed by atoms with Crippen LogP contribution in [0.2, 0.25) is 0 Å². The van der Waals surface area contributed by atoms with Crippen LogP contribution in [0.15, 0.2) is 59.4 Å². The van der Waals surface area contributed by atoms with Crippen LogP contribution in [0.4, 0.5) is 0 Å². The van der Waals surface area contributed by atoms with E-state index in [0.717, 1.165) is 23.3 Å². The molecule has 1 atom stereocenters. The molecule has 30 heavy (non-hydrogen) atoms. The highest BCUT2D eigenvalue weighted by atomic mass is 16.5. The van der Waals surface area contributed by atoms with Gasteiger partial charge in [-0.25, -0.2) is 0 Å². The molecule has 0 aliphatic carbocycles. The Hall–Kier alpha value is -3.48. The summed E-state index contributed by atoms with van der Waals surface area (Å²) in [4.78, 5) is 27.1. The molecule has 0 fully saturated rings. The zero-order chi connectivity index (χ0) is 21.3. The van der Waals surface area contributed by atoms with Crippen LogP contribution in [0.1, 0.15) is 37.9 Å². The second kappa shape index (κ2) is 10.3. The molecule has 0 aliphatic heterocycles. The number of aromatic nitrogens is 3. The monoisotopic (exact) mass is 406 g/mol. The molecule has 0 aliphatic rings. The van der Waals surface area contributed by atoms with E-state index in [4.69, 9.17) is 4.74 Å². The van der Waals surface area contributed by atoms with Gasteiger partial charge in [0.25, 0.3) is 5.56 Å². The van der Waals surface area contributed by atoms with E-state index in [9.17, 15) is 9.59 Å². The van der Waals surface area contributed by atoms with Gasteiger partial charge < -0.3 is 15.0 Å². The Kier molecular flexibility index (Phi) is 7.32. The molecule has 2 aromatic carbocycles. The highest BCUT2D eigenvalue weighted by Gasteiger charge is 2.10. The van der Waals surface area contributed by atoms with E-state index in [1.165, 1.54) is 0 Å². The molecule has 1 unspecified atom stereocenters. The highest BCUT2D eigenvalue weighted by Crippen LogP contribution is 2.19.